The van der Waals surface area contributed by atoms with Gasteiger partial charge in [-0.3, -0.25) is 4.79 Å². The largest absolute Gasteiger partial charge is 0.379 e. The van der Waals surface area contributed by atoms with Crippen molar-refractivity contribution >= 4 is 29.3 Å². The van der Waals surface area contributed by atoms with Crippen molar-refractivity contribution in [3.05, 3.63) is 27.1 Å². The van der Waals surface area contributed by atoms with E-state index in [4.69, 9.17) is 5.73 Å². The number of carbonyl (C=O) groups excluding carboxylic acids is 1. The van der Waals surface area contributed by atoms with E-state index in [1.165, 1.54) is 29.7 Å². The second kappa shape index (κ2) is 6.04. The van der Waals surface area contributed by atoms with Gasteiger partial charge in [0.05, 0.1) is 6.21 Å². The fourth-order valence-corrected chi connectivity index (χ4v) is 3.44. The molecule has 0 unspecified atom stereocenters. The van der Waals surface area contributed by atoms with Gasteiger partial charge in [-0.1, -0.05) is 6.42 Å². The van der Waals surface area contributed by atoms with Gasteiger partial charge < -0.3 is 5.73 Å². The highest BCUT2D eigenvalue weighted by Crippen LogP contribution is 2.27. The molecule has 2 heterocycles. The summed E-state index contributed by atoms with van der Waals surface area (Å²) in [5.41, 5.74) is 9.14. The molecule has 110 valence electrons. The Balaban J connectivity index is 1.64. The van der Waals surface area contributed by atoms with E-state index >= 15 is 0 Å². The first-order valence-corrected chi connectivity index (χ1v) is 7.58. The summed E-state index contributed by atoms with van der Waals surface area (Å²) in [7, 11) is 0. The van der Waals surface area contributed by atoms with Gasteiger partial charge in [-0.15, -0.1) is 11.3 Å². The Kier molecular flexibility index (Phi) is 3.96. The molecule has 0 spiro atoms. The van der Waals surface area contributed by atoms with Crippen molar-refractivity contribution in [1.29, 1.82) is 0 Å². The Labute approximate surface area is 125 Å². The lowest BCUT2D eigenvalue weighted by atomic mass is 10.1. The molecular weight excluding hydrogens is 290 g/mol. The molecule has 0 saturated carbocycles. The number of nitrogen functional groups attached to an aromatic ring is 1. The molecule has 7 nitrogen and oxygen atoms in total. The van der Waals surface area contributed by atoms with Crippen LogP contribution in [0.4, 0.5) is 5.82 Å². The van der Waals surface area contributed by atoms with Crippen LogP contribution in [0, 0.1) is 0 Å². The number of nitrogens with zero attached hydrogens (tertiary/aromatic N) is 3. The van der Waals surface area contributed by atoms with Gasteiger partial charge in [0.15, 0.2) is 0 Å². The van der Waals surface area contributed by atoms with Crippen molar-refractivity contribution in [2.45, 2.75) is 32.1 Å². The summed E-state index contributed by atoms with van der Waals surface area (Å²) < 4.78 is 4.36. The Morgan fingerprint density at radius 3 is 3.05 bits per heavy atom. The second-order valence-corrected chi connectivity index (χ2v) is 6.02. The molecular formula is C13H15N5O2S. The number of thiophene rings is 1. The van der Waals surface area contributed by atoms with E-state index < -0.39 is 5.91 Å². The summed E-state index contributed by atoms with van der Waals surface area (Å²) in [6.07, 6.45) is 7.71. The molecule has 0 aromatic carbocycles. The number of aromatic nitrogens is 2. The van der Waals surface area contributed by atoms with Crippen molar-refractivity contribution in [1.82, 2.24) is 15.7 Å². The molecule has 0 fully saturated rings. The number of carbonyl (C=O) groups is 1. The zero-order chi connectivity index (χ0) is 14.7. The van der Waals surface area contributed by atoms with E-state index in [0.29, 0.717) is 0 Å². The number of rotatable bonds is 3. The number of hydrazone groups is 1. The predicted octanol–water partition coefficient (Wildman–Crippen LogP) is 1.75. The predicted molar refractivity (Wildman–Crippen MR) is 79.3 cm³/mol. The van der Waals surface area contributed by atoms with Crippen LogP contribution in [0.1, 0.15) is 45.1 Å². The molecule has 3 N–H and O–H groups in total. The molecule has 8 heteroatoms. The molecule has 21 heavy (non-hydrogen) atoms. The minimum absolute atomic E-state index is 0.0504. The number of fused-ring (bicyclic) bond motifs is 1. The monoisotopic (exact) mass is 305 g/mol. The molecule has 0 saturated heterocycles. The van der Waals surface area contributed by atoms with Crippen LogP contribution in [-0.4, -0.2) is 22.4 Å². The van der Waals surface area contributed by atoms with E-state index in [1.54, 1.807) is 17.6 Å². The third-order valence-corrected chi connectivity index (χ3v) is 4.52. The number of nitrogens with two attached hydrogens (primary N) is 1. The fraction of sp³-hybridized carbons (Fsp3) is 0.385. The van der Waals surface area contributed by atoms with Gasteiger partial charge >= 0.3 is 0 Å². The van der Waals surface area contributed by atoms with Gasteiger partial charge in [-0.2, -0.15) is 5.10 Å². The lowest BCUT2D eigenvalue weighted by Crippen LogP contribution is -2.19. The quantitative estimate of drug-likeness (QED) is 0.510. The van der Waals surface area contributed by atoms with Gasteiger partial charge in [0.1, 0.15) is 0 Å². The Morgan fingerprint density at radius 2 is 2.24 bits per heavy atom. The standard InChI is InChI=1S/C13H15N5O2S/c14-12-11(17-20-18-12)13(19)16-15-7-9-6-8-4-2-1-3-5-10(8)21-9/h6-7H,1-5H2,(H2,14,18)(H,16,19). The van der Waals surface area contributed by atoms with Gasteiger partial charge in [0, 0.05) is 9.75 Å². The van der Waals surface area contributed by atoms with Crippen molar-refractivity contribution < 1.29 is 9.42 Å². The van der Waals surface area contributed by atoms with Crippen LogP contribution in [0.25, 0.3) is 0 Å². The van der Waals surface area contributed by atoms with Crippen LogP contribution >= 0.6 is 11.3 Å². The van der Waals surface area contributed by atoms with E-state index in [2.05, 4.69) is 31.5 Å². The first-order valence-electron chi connectivity index (χ1n) is 6.77. The number of anilines is 1. The molecule has 0 atom stereocenters. The SMILES string of the molecule is Nc1nonc1C(=O)NN=Cc1cc2c(s1)CCCCC2. The Hall–Kier alpha value is -2.22. The molecule has 2 aromatic rings. The molecule has 3 rings (SSSR count). The first kappa shape index (κ1) is 13.7. The van der Waals surface area contributed by atoms with E-state index in [9.17, 15) is 4.79 Å². The van der Waals surface area contributed by atoms with Crippen LogP contribution in [0.15, 0.2) is 15.8 Å². The van der Waals surface area contributed by atoms with E-state index in [1.807, 2.05) is 0 Å². The maximum absolute atomic E-state index is 11.7. The van der Waals surface area contributed by atoms with Gasteiger partial charge in [-0.25, -0.2) is 10.1 Å². The summed E-state index contributed by atoms with van der Waals surface area (Å²) >= 11 is 1.73. The van der Waals surface area contributed by atoms with Crippen molar-refractivity contribution in [2.24, 2.45) is 5.10 Å². The Bertz CT molecular complexity index is 652. The number of amides is 1. The zero-order valence-electron chi connectivity index (χ0n) is 11.3. The number of aryl methyl sites for hydroxylation is 2. The maximum atomic E-state index is 11.7. The number of nitrogens with one attached hydrogen (secondary N) is 1. The zero-order valence-corrected chi connectivity index (χ0v) is 12.2. The third kappa shape index (κ3) is 3.10. The molecule has 0 aliphatic heterocycles. The van der Waals surface area contributed by atoms with Crippen LogP contribution in [0.5, 0.6) is 0 Å². The highest BCUT2D eigenvalue weighted by Gasteiger charge is 2.15. The third-order valence-electron chi connectivity index (χ3n) is 3.35. The average molecular weight is 305 g/mol. The minimum Gasteiger partial charge on any atom is -0.379 e. The van der Waals surface area contributed by atoms with Gasteiger partial charge in [0.25, 0.3) is 5.91 Å². The second-order valence-electron chi connectivity index (χ2n) is 4.86. The van der Waals surface area contributed by atoms with Crippen molar-refractivity contribution in [2.75, 3.05) is 5.73 Å². The summed E-state index contributed by atoms with van der Waals surface area (Å²) in [5, 5.41) is 10.7. The number of hydrogen-bond donors (Lipinski definition) is 2. The smallest absolute Gasteiger partial charge is 0.297 e. The summed E-state index contributed by atoms with van der Waals surface area (Å²) in [4.78, 5) is 14.2. The number of hydrogen-bond acceptors (Lipinski definition) is 7. The molecule has 0 radical (unpaired) electrons. The highest BCUT2D eigenvalue weighted by atomic mass is 32.1. The van der Waals surface area contributed by atoms with Crippen LogP contribution in [-0.2, 0) is 12.8 Å². The van der Waals surface area contributed by atoms with Crippen LogP contribution < -0.4 is 11.2 Å². The summed E-state index contributed by atoms with van der Waals surface area (Å²) in [5.74, 6) is -0.589. The van der Waals surface area contributed by atoms with Crippen molar-refractivity contribution in [3.8, 4) is 0 Å². The average Bonchev–Trinajstić information content (AvgIpc) is 3.00. The fourth-order valence-electron chi connectivity index (χ4n) is 2.31. The summed E-state index contributed by atoms with van der Waals surface area (Å²) in [6, 6.07) is 2.15. The van der Waals surface area contributed by atoms with Crippen LogP contribution in [0.2, 0.25) is 0 Å². The molecule has 1 aliphatic carbocycles. The van der Waals surface area contributed by atoms with E-state index in [-0.39, 0.29) is 11.5 Å². The topological polar surface area (TPSA) is 106 Å². The molecule has 0 bridgehead atoms. The maximum Gasteiger partial charge on any atom is 0.297 e. The summed E-state index contributed by atoms with van der Waals surface area (Å²) in [6.45, 7) is 0. The molecule has 1 aliphatic rings. The lowest BCUT2D eigenvalue weighted by Gasteiger charge is -1.94. The molecule has 1 amide bonds. The van der Waals surface area contributed by atoms with Gasteiger partial charge in [0.2, 0.25) is 11.5 Å². The van der Waals surface area contributed by atoms with Crippen molar-refractivity contribution in [3.63, 3.8) is 0 Å². The van der Waals surface area contributed by atoms with Crippen LogP contribution in [0.3, 0.4) is 0 Å². The molecule has 2 aromatic heterocycles. The van der Waals surface area contributed by atoms with E-state index in [0.717, 1.165) is 17.7 Å². The van der Waals surface area contributed by atoms with Gasteiger partial charge in [-0.05, 0) is 47.6 Å². The normalized spacial score (nSPS) is 14.9. The lowest BCUT2D eigenvalue weighted by molar-refractivity contribution is 0.0946. The minimum atomic E-state index is -0.539. The Morgan fingerprint density at radius 1 is 1.38 bits per heavy atom. The highest BCUT2D eigenvalue weighted by molar-refractivity contribution is 7.13. The first-order chi connectivity index (χ1) is 10.2.